The highest BCUT2D eigenvalue weighted by Gasteiger charge is 2.39. The van der Waals surface area contributed by atoms with Crippen LogP contribution in [0.1, 0.15) is 45.4 Å². The van der Waals surface area contributed by atoms with Crippen LogP contribution in [-0.2, 0) is 28.8 Å². The van der Waals surface area contributed by atoms with E-state index in [4.69, 9.17) is 14.2 Å². The summed E-state index contributed by atoms with van der Waals surface area (Å²) in [5.41, 5.74) is 0.740. The third kappa shape index (κ3) is 5.94. The monoisotopic (exact) mass is 432 g/mol. The molecule has 30 heavy (non-hydrogen) atoms. The van der Waals surface area contributed by atoms with E-state index >= 15 is 0 Å². The second kappa shape index (κ2) is 10.8. The van der Waals surface area contributed by atoms with Gasteiger partial charge >= 0.3 is 5.97 Å². The Morgan fingerprint density at radius 3 is 2.77 bits per heavy atom. The van der Waals surface area contributed by atoms with Gasteiger partial charge in [-0.1, -0.05) is 24.3 Å². The zero-order valence-electron chi connectivity index (χ0n) is 17.2. The molecule has 3 rings (SSSR count). The molecular weight excluding hydrogens is 404 g/mol. The fourth-order valence-electron chi connectivity index (χ4n) is 3.57. The van der Waals surface area contributed by atoms with Crippen molar-refractivity contribution in [3.63, 3.8) is 0 Å². The molecule has 0 spiro atoms. The van der Waals surface area contributed by atoms with Crippen LogP contribution in [0.4, 0.5) is 0 Å². The van der Waals surface area contributed by atoms with Gasteiger partial charge in [0.05, 0.1) is 11.0 Å². The molecule has 0 N–H and O–H groups in total. The molecule has 1 aromatic carbocycles. The van der Waals surface area contributed by atoms with E-state index in [9.17, 15) is 13.2 Å². The minimum Gasteiger partial charge on any atom is -0.460 e. The van der Waals surface area contributed by atoms with Crippen LogP contribution in [0, 0.1) is 11.8 Å². The minimum atomic E-state index is -3.83. The van der Waals surface area contributed by atoms with E-state index in [1.165, 1.54) is 12.1 Å². The van der Waals surface area contributed by atoms with E-state index in [0.29, 0.717) is 19.4 Å². The largest absolute Gasteiger partial charge is 0.460 e. The van der Waals surface area contributed by atoms with Gasteiger partial charge in [-0.2, -0.15) is 0 Å². The van der Waals surface area contributed by atoms with Crippen molar-refractivity contribution in [3.05, 3.63) is 42.0 Å². The van der Waals surface area contributed by atoms with Crippen LogP contribution in [0.3, 0.4) is 0 Å². The van der Waals surface area contributed by atoms with Gasteiger partial charge in [0.2, 0.25) is 0 Å². The topological polar surface area (TPSA) is 78.9 Å². The van der Waals surface area contributed by atoms with Crippen LogP contribution < -0.4 is 0 Å². The predicted octanol–water partition coefficient (Wildman–Crippen LogP) is 3.42. The first-order valence-corrected chi connectivity index (χ1v) is 11.9. The average molecular weight is 433 g/mol. The molecule has 0 aliphatic carbocycles. The summed E-state index contributed by atoms with van der Waals surface area (Å²) < 4.78 is 42.9. The highest BCUT2D eigenvalue weighted by Crippen LogP contribution is 2.27. The number of hydrogen-bond donors (Lipinski definition) is 0. The minimum absolute atomic E-state index is 0.0739. The van der Waals surface area contributed by atoms with E-state index in [2.05, 4.69) is 11.8 Å². The lowest BCUT2D eigenvalue weighted by atomic mass is 10.0. The smallest absolute Gasteiger partial charge is 0.325 e. The van der Waals surface area contributed by atoms with Crippen molar-refractivity contribution in [2.75, 3.05) is 13.2 Å². The maximum absolute atomic E-state index is 13.0. The van der Waals surface area contributed by atoms with Gasteiger partial charge in [0, 0.05) is 13.0 Å². The zero-order valence-corrected chi connectivity index (χ0v) is 18.0. The predicted molar refractivity (Wildman–Crippen MR) is 112 cm³/mol. The van der Waals surface area contributed by atoms with Crippen molar-refractivity contribution < 1.29 is 27.4 Å². The third-order valence-corrected chi connectivity index (χ3v) is 7.21. The molecule has 2 aliphatic rings. The van der Waals surface area contributed by atoms with Crippen molar-refractivity contribution in [1.82, 2.24) is 0 Å². The molecule has 1 aromatic rings. The molecule has 2 heterocycles. The highest BCUT2D eigenvalue weighted by atomic mass is 32.2. The van der Waals surface area contributed by atoms with Crippen LogP contribution in [0.2, 0.25) is 0 Å². The van der Waals surface area contributed by atoms with Gasteiger partial charge in [0.1, 0.15) is 6.61 Å². The molecule has 162 valence electrons. The molecular formula is C23H28O6S. The Kier molecular flexibility index (Phi) is 8.08. The number of cyclic esters (lactones) is 1. The molecule has 7 heteroatoms. The van der Waals surface area contributed by atoms with E-state index in [1.807, 2.05) is 6.08 Å². The summed E-state index contributed by atoms with van der Waals surface area (Å²) in [7, 11) is -3.83. The van der Waals surface area contributed by atoms with Gasteiger partial charge in [0.15, 0.2) is 21.4 Å². The Bertz CT molecular complexity index is 904. The molecule has 0 amide bonds. The molecule has 3 atom stereocenters. The van der Waals surface area contributed by atoms with Crippen molar-refractivity contribution in [3.8, 4) is 11.8 Å². The Hall–Kier alpha value is -2.14. The van der Waals surface area contributed by atoms with Crippen LogP contribution in [0.25, 0.3) is 0 Å². The maximum Gasteiger partial charge on any atom is 0.325 e. The number of carbonyl (C=O) groups excluding carboxylic acids is 1. The van der Waals surface area contributed by atoms with Crippen LogP contribution in [-0.4, -0.2) is 45.2 Å². The molecule has 3 unspecified atom stereocenters. The Balaban J connectivity index is 1.76. The van der Waals surface area contributed by atoms with E-state index < -0.39 is 21.1 Å². The number of rotatable bonds is 7. The maximum atomic E-state index is 13.0. The fraction of sp³-hybridized carbons (Fsp3) is 0.522. The molecule has 2 fully saturated rings. The van der Waals surface area contributed by atoms with Crippen LogP contribution in [0.15, 0.2) is 46.9 Å². The molecule has 2 aliphatic heterocycles. The van der Waals surface area contributed by atoms with Gasteiger partial charge < -0.3 is 14.2 Å². The standard InChI is InChI=1S/C23H28O6S/c1-2-3-5-10-19(29-22-13-8-9-14-27-22)15-18-16-21(23(24)28-17-18)30(25,26)20-11-6-4-7-12-20/h4,6-7,11-12,15,19,21-22H,5,8-10,13-14,16-17H2,1H3/b18-15+. The van der Waals surface area contributed by atoms with Crippen molar-refractivity contribution in [2.24, 2.45) is 0 Å². The van der Waals surface area contributed by atoms with Gasteiger partial charge in [-0.05, 0) is 56.7 Å². The second-order valence-electron chi connectivity index (χ2n) is 7.42. The SMILES string of the molecule is CC#CCCC(/C=C1/COC(=O)C(S(=O)(=O)c2ccccc2)C1)OC1CCCCO1. The summed E-state index contributed by atoms with van der Waals surface area (Å²) in [6.07, 6.45) is 5.66. The quantitative estimate of drug-likeness (QED) is 0.373. The first kappa shape index (κ1) is 22.5. The average Bonchev–Trinajstić information content (AvgIpc) is 2.76. The molecule has 0 bridgehead atoms. The second-order valence-corrected chi connectivity index (χ2v) is 9.55. The lowest BCUT2D eigenvalue weighted by Crippen LogP contribution is -2.37. The van der Waals surface area contributed by atoms with Crippen LogP contribution in [0.5, 0.6) is 0 Å². The fourth-order valence-corrected chi connectivity index (χ4v) is 5.19. The van der Waals surface area contributed by atoms with Gasteiger partial charge in [-0.15, -0.1) is 11.8 Å². The zero-order chi connectivity index (χ0) is 21.4. The normalized spacial score (nSPS) is 24.6. The lowest BCUT2D eigenvalue weighted by Gasteiger charge is -2.28. The number of benzene rings is 1. The molecule has 0 radical (unpaired) electrons. The van der Waals surface area contributed by atoms with Gasteiger partial charge in [-0.3, -0.25) is 4.79 Å². The number of hydrogen-bond acceptors (Lipinski definition) is 6. The van der Waals surface area contributed by atoms with E-state index in [1.54, 1.807) is 25.1 Å². The van der Waals surface area contributed by atoms with Gasteiger partial charge in [-0.25, -0.2) is 8.42 Å². The third-order valence-electron chi connectivity index (χ3n) is 5.17. The summed E-state index contributed by atoms with van der Waals surface area (Å²) in [4.78, 5) is 12.4. The van der Waals surface area contributed by atoms with Crippen molar-refractivity contribution in [2.45, 2.75) is 68.0 Å². The highest BCUT2D eigenvalue weighted by molar-refractivity contribution is 7.92. The Morgan fingerprint density at radius 1 is 1.27 bits per heavy atom. The van der Waals surface area contributed by atoms with E-state index in [0.717, 1.165) is 24.8 Å². The molecule has 0 saturated carbocycles. The molecule has 2 saturated heterocycles. The summed E-state index contributed by atoms with van der Waals surface area (Å²) in [5.74, 6) is 5.20. The number of esters is 1. The summed E-state index contributed by atoms with van der Waals surface area (Å²) >= 11 is 0. The first-order valence-electron chi connectivity index (χ1n) is 10.3. The Morgan fingerprint density at radius 2 is 2.07 bits per heavy atom. The number of sulfone groups is 1. The summed E-state index contributed by atoms with van der Waals surface area (Å²) in [6, 6.07) is 8.01. The lowest BCUT2D eigenvalue weighted by molar-refractivity contribution is -0.179. The van der Waals surface area contributed by atoms with Crippen molar-refractivity contribution >= 4 is 15.8 Å². The van der Waals surface area contributed by atoms with Crippen molar-refractivity contribution in [1.29, 1.82) is 0 Å². The van der Waals surface area contributed by atoms with Gasteiger partial charge in [0.25, 0.3) is 0 Å². The number of ether oxygens (including phenoxy) is 3. The molecule has 0 aromatic heterocycles. The number of carbonyl (C=O) groups is 1. The van der Waals surface area contributed by atoms with Crippen LogP contribution >= 0.6 is 0 Å². The van der Waals surface area contributed by atoms with E-state index in [-0.39, 0.29) is 30.3 Å². The Labute approximate surface area is 178 Å². The molecule has 6 nitrogen and oxygen atoms in total. The summed E-state index contributed by atoms with van der Waals surface area (Å²) in [6.45, 7) is 2.54. The first-order chi connectivity index (χ1) is 14.5. The summed E-state index contributed by atoms with van der Waals surface area (Å²) in [5, 5.41) is -1.25.